The van der Waals surface area contributed by atoms with Gasteiger partial charge in [-0.2, -0.15) is 0 Å². The Morgan fingerprint density at radius 1 is 1.11 bits per heavy atom. The molecule has 1 fully saturated rings. The van der Waals surface area contributed by atoms with Gasteiger partial charge in [-0.1, -0.05) is 32.0 Å². The van der Waals surface area contributed by atoms with Crippen LogP contribution in [0.2, 0.25) is 0 Å². The summed E-state index contributed by atoms with van der Waals surface area (Å²) >= 11 is 0. The topological polar surface area (TPSA) is 22.1 Å². The Morgan fingerprint density at radius 3 is 2.63 bits per heavy atom. The molecule has 1 saturated carbocycles. The summed E-state index contributed by atoms with van der Waals surface area (Å²) < 4.78 is 6.03. The van der Waals surface area contributed by atoms with Crippen LogP contribution in [0.4, 0.5) is 0 Å². The number of ether oxygens (including phenoxy) is 1. The smallest absolute Gasteiger partial charge is 0.127 e. The standard InChI is InChI=1S/C17H19NO/c1-12(2)16-11-18-10-9-14(16)15-5-3-4-6-17(15)19-13-7-8-13/h3-6,9-13H,7-8H2,1-2H3. The normalized spacial score (nSPS) is 14.7. The van der Waals surface area contributed by atoms with Crippen LogP contribution in [0.1, 0.15) is 38.2 Å². The molecule has 0 N–H and O–H groups in total. The average molecular weight is 253 g/mol. The lowest BCUT2D eigenvalue weighted by Gasteiger charge is -2.15. The molecule has 2 aromatic rings. The molecule has 0 aliphatic heterocycles. The minimum Gasteiger partial charge on any atom is -0.490 e. The van der Waals surface area contributed by atoms with Crippen LogP contribution in [-0.4, -0.2) is 11.1 Å². The summed E-state index contributed by atoms with van der Waals surface area (Å²) in [5.74, 6) is 1.45. The van der Waals surface area contributed by atoms with Crippen molar-refractivity contribution in [1.82, 2.24) is 4.98 Å². The summed E-state index contributed by atoms with van der Waals surface area (Å²) in [7, 11) is 0. The van der Waals surface area contributed by atoms with E-state index in [1.165, 1.54) is 29.5 Å². The maximum atomic E-state index is 6.03. The lowest BCUT2D eigenvalue weighted by molar-refractivity contribution is 0.304. The first-order chi connectivity index (χ1) is 9.25. The summed E-state index contributed by atoms with van der Waals surface area (Å²) in [5.41, 5.74) is 3.69. The summed E-state index contributed by atoms with van der Waals surface area (Å²) in [5, 5.41) is 0. The predicted molar refractivity (Wildman–Crippen MR) is 77.4 cm³/mol. The van der Waals surface area contributed by atoms with E-state index in [1.54, 1.807) is 0 Å². The van der Waals surface area contributed by atoms with Gasteiger partial charge in [-0.3, -0.25) is 4.98 Å². The molecule has 1 heterocycles. The van der Waals surface area contributed by atoms with Crippen LogP contribution in [0.25, 0.3) is 11.1 Å². The molecule has 0 spiro atoms. The number of para-hydroxylation sites is 1. The molecule has 1 aliphatic carbocycles. The summed E-state index contributed by atoms with van der Waals surface area (Å²) in [6, 6.07) is 10.4. The third-order valence-electron chi connectivity index (χ3n) is 3.47. The largest absolute Gasteiger partial charge is 0.490 e. The van der Waals surface area contributed by atoms with Gasteiger partial charge in [0.2, 0.25) is 0 Å². The minimum atomic E-state index is 0.422. The second kappa shape index (κ2) is 5.04. The van der Waals surface area contributed by atoms with Gasteiger partial charge >= 0.3 is 0 Å². The van der Waals surface area contributed by atoms with E-state index in [-0.39, 0.29) is 0 Å². The second-order valence-corrected chi connectivity index (χ2v) is 5.43. The molecule has 0 saturated heterocycles. The summed E-state index contributed by atoms with van der Waals surface area (Å²) in [6.07, 6.45) is 6.61. The molecule has 1 aromatic heterocycles. The van der Waals surface area contributed by atoms with E-state index >= 15 is 0 Å². The van der Waals surface area contributed by atoms with Crippen molar-refractivity contribution in [3.05, 3.63) is 48.3 Å². The number of hydrogen-bond donors (Lipinski definition) is 0. The van der Waals surface area contributed by atoms with E-state index < -0.39 is 0 Å². The van der Waals surface area contributed by atoms with Crippen molar-refractivity contribution in [2.24, 2.45) is 0 Å². The average Bonchev–Trinajstić information content (AvgIpc) is 3.23. The van der Waals surface area contributed by atoms with Crippen LogP contribution in [0.15, 0.2) is 42.7 Å². The molecule has 19 heavy (non-hydrogen) atoms. The van der Waals surface area contributed by atoms with E-state index in [0.717, 1.165) is 5.75 Å². The third kappa shape index (κ3) is 2.62. The Morgan fingerprint density at radius 2 is 1.89 bits per heavy atom. The third-order valence-corrected chi connectivity index (χ3v) is 3.47. The first-order valence-corrected chi connectivity index (χ1v) is 6.95. The molecule has 1 aromatic carbocycles. The Bertz CT molecular complexity index is 573. The van der Waals surface area contributed by atoms with Gasteiger partial charge in [0.15, 0.2) is 0 Å². The molecule has 0 amide bonds. The van der Waals surface area contributed by atoms with Gasteiger partial charge in [0, 0.05) is 18.0 Å². The van der Waals surface area contributed by atoms with Crippen molar-refractivity contribution in [3.63, 3.8) is 0 Å². The number of benzene rings is 1. The molecule has 2 heteroatoms. The Kier molecular flexibility index (Phi) is 3.24. The predicted octanol–water partition coefficient (Wildman–Crippen LogP) is 4.41. The van der Waals surface area contributed by atoms with Crippen molar-refractivity contribution in [2.75, 3.05) is 0 Å². The fraction of sp³-hybridized carbons (Fsp3) is 0.353. The molecular weight excluding hydrogens is 234 g/mol. The Hall–Kier alpha value is -1.83. The number of pyridine rings is 1. The lowest BCUT2D eigenvalue weighted by Crippen LogP contribution is -2.00. The van der Waals surface area contributed by atoms with Crippen LogP contribution in [-0.2, 0) is 0 Å². The number of rotatable bonds is 4. The monoisotopic (exact) mass is 253 g/mol. The van der Waals surface area contributed by atoms with Gasteiger partial charge in [0.05, 0.1) is 6.10 Å². The first kappa shape index (κ1) is 12.2. The zero-order chi connectivity index (χ0) is 13.2. The molecule has 1 aliphatic rings. The molecule has 2 nitrogen and oxygen atoms in total. The molecule has 0 bridgehead atoms. The number of aromatic nitrogens is 1. The van der Waals surface area contributed by atoms with Crippen molar-refractivity contribution in [3.8, 4) is 16.9 Å². The highest BCUT2D eigenvalue weighted by Crippen LogP contribution is 2.37. The maximum absolute atomic E-state index is 6.03. The van der Waals surface area contributed by atoms with Crippen molar-refractivity contribution in [1.29, 1.82) is 0 Å². The van der Waals surface area contributed by atoms with E-state index in [0.29, 0.717) is 12.0 Å². The van der Waals surface area contributed by atoms with E-state index in [2.05, 4.69) is 43.1 Å². The van der Waals surface area contributed by atoms with E-state index in [4.69, 9.17) is 4.74 Å². The molecule has 3 rings (SSSR count). The number of nitrogens with zero attached hydrogens (tertiary/aromatic N) is 1. The Labute approximate surface area is 114 Å². The summed E-state index contributed by atoms with van der Waals surface area (Å²) in [6.45, 7) is 4.40. The summed E-state index contributed by atoms with van der Waals surface area (Å²) in [4.78, 5) is 4.25. The highest BCUT2D eigenvalue weighted by atomic mass is 16.5. The van der Waals surface area contributed by atoms with Crippen molar-refractivity contribution < 1.29 is 4.74 Å². The van der Waals surface area contributed by atoms with Gasteiger partial charge < -0.3 is 4.74 Å². The SMILES string of the molecule is CC(C)c1cnccc1-c1ccccc1OC1CC1. The highest BCUT2D eigenvalue weighted by molar-refractivity contribution is 5.73. The highest BCUT2D eigenvalue weighted by Gasteiger charge is 2.25. The van der Waals surface area contributed by atoms with E-state index in [1.807, 2.05) is 18.5 Å². The Balaban J connectivity index is 2.05. The van der Waals surface area contributed by atoms with Crippen molar-refractivity contribution in [2.45, 2.75) is 38.7 Å². The second-order valence-electron chi connectivity index (χ2n) is 5.43. The van der Waals surface area contributed by atoms with Crippen LogP contribution >= 0.6 is 0 Å². The van der Waals surface area contributed by atoms with Crippen LogP contribution in [0, 0.1) is 0 Å². The molecule has 0 atom stereocenters. The quantitative estimate of drug-likeness (QED) is 0.805. The fourth-order valence-corrected chi connectivity index (χ4v) is 2.27. The molecule has 98 valence electrons. The van der Waals surface area contributed by atoms with Gasteiger partial charge in [-0.05, 0) is 42.0 Å². The molecule has 0 unspecified atom stereocenters. The van der Waals surface area contributed by atoms with E-state index in [9.17, 15) is 0 Å². The van der Waals surface area contributed by atoms with Gasteiger partial charge in [0.25, 0.3) is 0 Å². The van der Waals surface area contributed by atoms with Crippen molar-refractivity contribution >= 4 is 0 Å². The van der Waals surface area contributed by atoms with Crippen LogP contribution < -0.4 is 4.74 Å². The zero-order valence-electron chi connectivity index (χ0n) is 11.5. The van der Waals surface area contributed by atoms with Crippen LogP contribution in [0.5, 0.6) is 5.75 Å². The lowest BCUT2D eigenvalue weighted by atomic mass is 9.94. The first-order valence-electron chi connectivity index (χ1n) is 6.95. The zero-order valence-corrected chi connectivity index (χ0v) is 11.5. The van der Waals surface area contributed by atoms with Gasteiger partial charge in [-0.25, -0.2) is 0 Å². The molecule has 0 radical (unpaired) electrons. The van der Waals surface area contributed by atoms with Gasteiger partial charge in [0.1, 0.15) is 5.75 Å². The fourth-order valence-electron chi connectivity index (χ4n) is 2.27. The minimum absolute atomic E-state index is 0.422. The van der Waals surface area contributed by atoms with Gasteiger partial charge in [-0.15, -0.1) is 0 Å². The molecular formula is C17H19NO. The maximum Gasteiger partial charge on any atom is 0.127 e. The van der Waals surface area contributed by atoms with Crippen LogP contribution in [0.3, 0.4) is 0 Å². The number of hydrogen-bond acceptors (Lipinski definition) is 2.